The lowest BCUT2D eigenvalue weighted by atomic mass is 10.1. The highest BCUT2D eigenvalue weighted by Gasteiger charge is 2.34. The second-order valence-corrected chi connectivity index (χ2v) is 5.50. The van der Waals surface area contributed by atoms with Crippen LogP contribution in [-0.2, 0) is 4.79 Å². The Morgan fingerprint density at radius 2 is 2.09 bits per heavy atom. The van der Waals surface area contributed by atoms with Gasteiger partial charge in [0.1, 0.15) is 0 Å². The average molecular weight is 305 g/mol. The van der Waals surface area contributed by atoms with Gasteiger partial charge in [0.05, 0.1) is 5.92 Å². The molecule has 1 saturated carbocycles. The molecule has 1 atom stereocenters. The molecule has 1 aliphatic rings. The number of carbonyl (C=O) groups excluding carboxylic acids is 2. The highest BCUT2D eigenvalue weighted by atomic mass is 16.4. The van der Waals surface area contributed by atoms with Crippen LogP contribution in [0.15, 0.2) is 24.3 Å². The number of urea groups is 1. The van der Waals surface area contributed by atoms with Gasteiger partial charge >= 0.3 is 12.0 Å². The summed E-state index contributed by atoms with van der Waals surface area (Å²) in [6, 6.07) is 5.83. The van der Waals surface area contributed by atoms with Crippen LogP contribution in [0, 0.1) is 5.92 Å². The maximum Gasteiger partial charge on any atom is 0.316 e. The van der Waals surface area contributed by atoms with E-state index in [1.54, 1.807) is 30.0 Å². The first-order valence-corrected chi connectivity index (χ1v) is 7.08. The Kier molecular flexibility index (Phi) is 4.65. The molecular formula is C15H19N3O4. The zero-order valence-corrected chi connectivity index (χ0v) is 12.3. The molecule has 1 unspecified atom stereocenters. The Balaban J connectivity index is 2.16. The topological polar surface area (TPSA) is 113 Å². The molecule has 2 rings (SSSR count). The molecule has 0 aliphatic heterocycles. The molecule has 118 valence electrons. The third-order valence-electron chi connectivity index (χ3n) is 3.52. The molecule has 1 aromatic rings. The molecule has 4 N–H and O–H groups in total. The molecule has 0 spiro atoms. The largest absolute Gasteiger partial charge is 0.481 e. The van der Waals surface area contributed by atoms with Crippen LogP contribution in [0.3, 0.4) is 0 Å². The van der Waals surface area contributed by atoms with Crippen molar-refractivity contribution in [1.82, 2.24) is 4.90 Å². The average Bonchev–Trinajstić information content (AvgIpc) is 3.27. The van der Waals surface area contributed by atoms with Crippen molar-refractivity contribution in [3.63, 3.8) is 0 Å². The van der Waals surface area contributed by atoms with Crippen molar-refractivity contribution in [2.24, 2.45) is 11.7 Å². The first-order chi connectivity index (χ1) is 10.4. The number of nitrogens with two attached hydrogens (primary N) is 1. The number of hydrogen-bond acceptors (Lipinski definition) is 3. The van der Waals surface area contributed by atoms with Gasteiger partial charge in [-0.2, -0.15) is 0 Å². The fourth-order valence-corrected chi connectivity index (χ4v) is 2.20. The standard InChI is InChI=1S/C15H19N3O4/c1-9(14(20)21)8-18(12-5-6-12)13(19)10-3-2-4-11(7-10)17-15(16)22/h2-4,7,9,12H,5-6,8H2,1H3,(H,20,21)(H3,16,17,22). The molecule has 0 heterocycles. The first kappa shape index (κ1) is 15.8. The van der Waals surface area contributed by atoms with Crippen LogP contribution in [0.4, 0.5) is 10.5 Å². The van der Waals surface area contributed by atoms with Crippen molar-refractivity contribution in [3.8, 4) is 0 Å². The molecule has 3 amide bonds. The van der Waals surface area contributed by atoms with E-state index in [0.717, 1.165) is 12.8 Å². The fraction of sp³-hybridized carbons (Fsp3) is 0.400. The molecule has 0 saturated heterocycles. The molecular weight excluding hydrogens is 286 g/mol. The van der Waals surface area contributed by atoms with Gasteiger partial charge in [-0.3, -0.25) is 9.59 Å². The minimum atomic E-state index is -0.928. The Morgan fingerprint density at radius 1 is 1.41 bits per heavy atom. The fourth-order valence-electron chi connectivity index (χ4n) is 2.20. The minimum absolute atomic E-state index is 0.0991. The van der Waals surface area contributed by atoms with Crippen LogP contribution in [-0.4, -0.2) is 40.5 Å². The van der Waals surface area contributed by atoms with Crippen molar-refractivity contribution in [2.75, 3.05) is 11.9 Å². The maximum absolute atomic E-state index is 12.6. The summed E-state index contributed by atoms with van der Waals surface area (Å²) in [4.78, 5) is 36.1. The summed E-state index contributed by atoms with van der Waals surface area (Å²) in [5.41, 5.74) is 5.89. The van der Waals surface area contributed by atoms with Crippen LogP contribution in [0.2, 0.25) is 0 Å². The van der Waals surface area contributed by atoms with E-state index in [2.05, 4.69) is 5.32 Å². The van der Waals surface area contributed by atoms with Crippen molar-refractivity contribution in [1.29, 1.82) is 0 Å². The number of aliphatic carboxylic acids is 1. The summed E-state index contributed by atoms with van der Waals surface area (Å²) in [5, 5.41) is 11.4. The third-order valence-corrected chi connectivity index (χ3v) is 3.52. The first-order valence-electron chi connectivity index (χ1n) is 7.08. The van der Waals surface area contributed by atoms with Crippen LogP contribution in [0.25, 0.3) is 0 Å². The van der Waals surface area contributed by atoms with Gasteiger partial charge in [-0.05, 0) is 31.0 Å². The van der Waals surface area contributed by atoms with Crippen LogP contribution in [0.1, 0.15) is 30.1 Å². The summed E-state index contributed by atoms with van der Waals surface area (Å²) >= 11 is 0. The van der Waals surface area contributed by atoms with E-state index < -0.39 is 17.9 Å². The highest BCUT2D eigenvalue weighted by Crippen LogP contribution is 2.29. The number of carboxylic acid groups (broad SMARTS) is 1. The summed E-state index contributed by atoms with van der Waals surface area (Å²) < 4.78 is 0. The molecule has 22 heavy (non-hydrogen) atoms. The molecule has 0 aromatic heterocycles. The second-order valence-electron chi connectivity index (χ2n) is 5.50. The van der Waals surface area contributed by atoms with Crippen molar-refractivity contribution >= 4 is 23.6 Å². The van der Waals surface area contributed by atoms with E-state index in [0.29, 0.717) is 11.3 Å². The van der Waals surface area contributed by atoms with Gasteiger partial charge in [-0.15, -0.1) is 0 Å². The van der Waals surface area contributed by atoms with E-state index in [4.69, 9.17) is 10.8 Å². The number of nitrogens with zero attached hydrogens (tertiary/aromatic N) is 1. The Hall–Kier alpha value is -2.57. The molecule has 0 radical (unpaired) electrons. The quantitative estimate of drug-likeness (QED) is 0.739. The summed E-state index contributed by atoms with van der Waals surface area (Å²) in [6.07, 6.45) is 1.77. The van der Waals surface area contributed by atoms with E-state index >= 15 is 0 Å². The van der Waals surface area contributed by atoms with Crippen molar-refractivity contribution < 1.29 is 19.5 Å². The maximum atomic E-state index is 12.6. The monoisotopic (exact) mass is 305 g/mol. The van der Waals surface area contributed by atoms with Crippen LogP contribution < -0.4 is 11.1 Å². The van der Waals surface area contributed by atoms with E-state index in [1.807, 2.05) is 0 Å². The van der Waals surface area contributed by atoms with E-state index in [-0.39, 0.29) is 18.5 Å². The molecule has 7 heteroatoms. The van der Waals surface area contributed by atoms with Crippen LogP contribution in [0.5, 0.6) is 0 Å². The molecule has 7 nitrogen and oxygen atoms in total. The van der Waals surface area contributed by atoms with Gasteiger partial charge in [0, 0.05) is 23.8 Å². The van der Waals surface area contributed by atoms with Gasteiger partial charge in [-0.1, -0.05) is 13.0 Å². The van der Waals surface area contributed by atoms with Gasteiger partial charge < -0.3 is 21.1 Å². The number of amides is 3. The number of rotatable bonds is 6. The zero-order chi connectivity index (χ0) is 16.3. The van der Waals surface area contributed by atoms with Gasteiger partial charge in [0.15, 0.2) is 0 Å². The number of carboxylic acids is 1. The van der Waals surface area contributed by atoms with Gasteiger partial charge in [0.2, 0.25) is 0 Å². The van der Waals surface area contributed by atoms with Gasteiger partial charge in [-0.25, -0.2) is 4.79 Å². The zero-order valence-electron chi connectivity index (χ0n) is 12.3. The number of carbonyl (C=O) groups is 3. The summed E-state index contributed by atoms with van der Waals surface area (Å²) in [7, 11) is 0. The lowest BCUT2D eigenvalue weighted by Gasteiger charge is -2.24. The van der Waals surface area contributed by atoms with E-state index in [1.165, 1.54) is 6.07 Å². The normalized spacial score (nSPS) is 15.0. The molecule has 1 aliphatic carbocycles. The molecule has 1 aromatic carbocycles. The van der Waals surface area contributed by atoms with E-state index in [9.17, 15) is 14.4 Å². The number of primary amides is 1. The Labute approximate surface area is 128 Å². The second kappa shape index (κ2) is 6.46. The van der Waals surface area contributed by atoms with Crippen LogP contribution >= 0.6 is 0 Å². The molecule has 1 fully saturated rings. The minimum Gasteiger partial charge on any atom is -0.481 e. The number of benzene rings is 1. The number of hydrogen-bond donors (Lipinski definition) is 3. The highest BCUT2D eigenvalue weighted by molar-refractivity contribution is 5.97. The SMILES string of the molecule is CC(CN(C(=O)c1cccc(NC(N)=O)c1)C1CC1)C(=O)O. The summed E-state index contributed by atoms with van der Waals surface area (Å²) in [6.45, 7) is 1.75. The Morgan fingerprint density at radius 3 is 2.64 bits per heavy atom. The predicted octanol–water partition coefficient (Wildman–Crippen LogP) is 1.50. The lowest BCUT2D eigenvalue weighted by molar-refractivity contribution is -0.141. The molecule has 0 bridgehead atoms. The number of nitrogens with one attached hydrogen (secondary N) is 1. The van der Waals surface area contributed by atoms with Crippen molar-refractivity contribution in [3.05, 3.63) is 29.8 Å². The Bertz CT molecular complexity index is 598. The lowest BCUT2D eigenvalue weighted by Crippen LogP contribution is -2.38. The smallest absolute Gasteiger partial charge is 0.316 e. The van der Waals surface area contributed by atoms with Gasteiger partial charge in [0.25, 0.3) is 5.91 Å². The number of anilines is 1. The predicted molar refractivity (Wildman–Crippen MR) is 80.5 cm³/mol. The third kappa shape index (κ3) is 3.97. The van der Waals surface area contributed by atoms with Crippen molar-refractivity contribution in [2.45, 2.75) is 25.8 Å². The summed E-state index contributed by atoms with van der Waals surface area (Å²) in [5.74, 6) is -1.79.